The first-order valence-electron chi connectivity index (χ1n) is 15.7. The molecule has 10 nitrogen and oxygen atoms in total. The smallest absolute Gasteiger partial charge is 0.238 e. The Hall–Kier alpha value is -5.77. The second-order valence-corrected chi connectivity index (χ2v) is 12.5. The topological polar surface area (TPSA) is 136 Å². The molecule has 1 fully saturated rings. The second kappa shape index (κ2) is 10.9. The molecule has 0 unspecified atom stereocenters. The highest BCUT2D eigenvalue weighted by Crippen LogP contribution is 2.56. The molecular weight excluding hydrogens is 612 g/mol. The van der Waals surface area contributed by atoms with Crippen molar-refractivity contribution < 1.29 is 38.2 Å². The Labute approximate surface area is 275 Å². The second-order valence-electron chi connectivity index (χ2n) is 12.5. The summed E-state index contributed by atoms with van der Waals surface area (Å²) in [5, 5.41) is 10.6. The Bertz CT molecular complexity index is 2130. The number of carbonyl (C=O) groups excluding carboxylic acids is 4. The van der Waals surface area contributed by atoms with Gasteiger partial charge >= 0.3 is 0 Å². The quantitative estimate of drug-likeness (QED) is 0.161. The lowest BCUT2D eigenvalue weighted by Crippen LogP contribution is -2.39. The number of methoxy groups -OCH3 is 2. The molecule has 10 heteroatoms. The maximum atomic E-state index is 14.3. The number of anilines is 1. The maximum absolute atomic E-state index is 14.3. The highest BCUT2D eigenvalue weighted by Gasteiger charge is 2.56. The molecule has 4 aliphatic rings. The molecular formula is C38H30N2O8. The average Bonchev–Trinajstić information content (AvgIpc) is 3.65. The zero-order valence-corrected chi connectivity index (χ0v) is 26.4. The largest absolute Gasteiger partial charge is 0.502 e. The van der Waals surface area contributed by atoms with Crippen molar-refractivity contribution in [3.63, 3.8) is 0 Å². The van der Waals surface area contributed by atoms with Crippen molar-refractivity contribution in [2.45, 2.75) is 25.7 Å². The van der Waals surface area contributed by atoms with Crippen LogP contribution in [-0.2, 0) is 19.2 Å². The molecule has 3 aliphatic carbocycles. The fraction of sp³-hybridized carbons (Fsp3) is 0.237. The van der Waals surface area contributed by atoms with Crippen LogP contribution in [0.25, 0.3) is 22.6 Å². The molecule has 3 aromatic carbocycles. The number of allylic oxidation sites excluding steroid dienone is 6. The summed E-state index contributed by atoms with van der Waals surface area (Å²) in [4.78, 5) is 61.3. The van der Waals surface area contributed by atoms with Gasteiger partial charge in [0.05, 0.1) is 31.7 Å². The molecule has 4 aromatic rings. The SMILES string of the molecule is COc1cc([C@H]2C3=CC[C@@H]4C(=O)N(c5ccc(-c6nc7ccccc7o6)cc5)C(=O)[C@@H]4[C@@H]3CC3=C2C(=O)C(C)=CC3=O)cc(OC)c1O. The van der Waals surface area contributed by atoms with Crippen LogP contribution in [0.15, 0.2) is 99.5 Å². The van der Waals surface area contributed by atoms with Crippen LogP contribution in [0, 0.1) is 17.8 Å². The summed E-state index contributed by atoms with van der Waals surface area (Å²) < 4.78 is 16.8. The average molecular weight is 643 g/mol. The molecule has 2 heterocycles. The van der Waals surface area contributed by atoms with Gasteiger partial charge in [-0.3, -0.25) is 24.1 Å². The lowest BCUT2D eigenvalue weighted by molar-refractivity contribution is -0.123. The number of Topliss-reactive ketones (excluding diaryl/α,β-unsaturated/α-hetero) is 1. The number of imide groups is 1. The number of hydrogen-bond acceptors (Lipinski definition) is 9. The van der Waals surface area contributed by atoms with Crippen molar-refractivity contribution >= 4 is 40.2 Å². The van der Waals surface area contributed by atoms with E-state index in [9.17, 15) is 24.3 Å². The molecule has 0 bridgehead atoms. The van der Waals surface area contributed by atoms with Crippen LogP contribution < -0.4 is 14.4 Å². The number of carbonyl (C=O) groups is 4. The molecule has 4 atom stereocenters. The fourth-order valence-electron chi connectivity index (χ4n) is 7.82. The number of hydrogen-bond donors (Lipinski definition) is 1. The lowest BCUT2D eigenvalue weighted by Gasteiger charge is -2.42. The molecule has 240 valence electrons. The Balaban J connectivity index is 1.18. The first-order valence-corrected chi connectivity index (χ1v) is 15.7. The molecule has 0 radical (unpaired) electrons. The van der Waals surface area contributed by atoms with E-state index in [1.807, 2.05) is 30.3 Å². The summed E-state index contributed by atoms with van der Waals surface area (Å²) in [7, 11) is 2.83. The number of ketones is 2. The van der Waals surface area contributed by atoms with Gasteiger partial charge in [-0.15, -0.1) is 0 Å². The fourth-order valence-corrected chi connectivity index (χ4v) is 7.82. The minimum atomic E-state index is -0.735. The van der Waals surface area contributed by atoms with Crippen molar-refractivity contribution in [2.24, 2.45) is 17.8 Å². The van der Waals surface area contributed by atoms with Crippen molar-refractivity contribution in [3.8, 4) is 28.7 Å². The summed E-state index contributed by atoms with van der Waals surface area (Å²) in [6.45, 7) is 1.61. The molecule has 0 spiro atoms. The van der Waals surface area contributed by atoms with E-state index < -0.39 is 23.7 Å². The number of aromatic nitrogens is 1. The van der Waals surface area contributed by atoms with Crippen LogP contribution in [0.5, 0.6) is 17.2 Å². The predicted octanol–water partition coefficient (Wildman–Crippen LogP) is 5.85. The zero-order valence-electron chi connectivity index (χ0n) is 26.4. The number of rotatable bonds is 5. The van der Waals surface area contributed by atoms with E-state index in [1.165, 1.54) is 25.2 Å². The number of aromatic hydroxyl groups is 1. The van der Waals surface area contributed by atoms with E-state index in [-0.39, 0.29) is 47.1 Å². The Morgan fingerprint density at radius 2 is 1.62 bits per heavy atom. The highest BCUT2D eigenvalue weighted by atomic mass is 16.5. The third kappa shape index (κ3) is 4.28. The van der Waals surface area contributed by atoms with Crippen molar-refractivity contribution in [2.75, 3.05) is 19.1 Å². The maximum Gasteiger partial charge on any atom is 0.238 e. The molecule has 0 saturated carbocycles. The van der Waals surface area contributed by atoms with E-state index in [2.05, 4.69) is 4.98 Å². The molecule has 48 heavy (non-hydrogen) atoms. The molecule has 8 rings (SSSR count). The zero-order chi connectivity index (χ0) is 33.4. The van der Waals surface area contributed by atoms with Gasteiger partial charge in [-0.2, -0.15) is 0 Å². The summed E-state index contributed by atoms with van der Waals surface area (Å²) in [5.74, 6) is -3.25. The van der Waals surface area contributed by atoms with Gasteiger partial charge in [-0.25, -0.2) is 4.98 Å². The van der Waals surface area contributed by atoms with Crippen LogP contribution in [0.3, 0.4) is 0 Å². The number of amides is 2. The van der Waals surface area contributed by atoms with Gasteiger partial charge in [0.2, 0.25) is 23.5 Å². The first kappa shape index (κ1) is 29.6. The van der Waals surface area contributed by atoms with E-state index in [4.69, 9.17) is 13.9 Å². The Morgan fingerprint density at radius 1 is 0.917 bits per heavy atom. The van der Waals surface area contributed by atoms with Gasteiger partial charge in [0.25, 0.3) is 0 Å². The lowest BCUT2D eigenvalue weighted by atomic mass is 9.59. The minimum absolute atomic E-state index is 0.143. The molecule has 1 aromatic heterocycles. The number of ether oxygens (including phenoxy) is 2. The summed E-state index contributed by atoms with van der Waals surface area (Å²) in [6.07, 6.45) is 3.74. The third-order valence-corrected chi connectivity index (χ3v) is 10.1. The van der Waals surface area contributed by atoms with Gasteiger partial charge in [0.15, 0.2) is 28.6 Å². The summed E-state index contributed by atoms with van der Waals surface area (Å²) in [5.41, 5.74) is 4.89. The molecule has 1 aliphatic heterocycles. The van der Waals surface area contributed by atoms with Crippen molar-refractivity contribution in [1.82, 2.24) is 4.98 Å². The van der Waals surface area contributed by atoms with Gasteiger partial charge in [-0.1, -0.05) is 23.8 Å². The normalized spacial score (nSPS) is 23.5. The summed E-state index contributed by atoms with van der Waals surface area (Å²) >= 11 is 0. The van der Waals surface area contributed by atoms with E-state index >= 15 is 0 Å². The number of benzene rings is 3. The number of fused-ring (bicyclic) bond motifs is 4. The number of phenols is 1. The third-order valence-electron chi connectivity index (χ3n) is 10.1. The standard InChI is InChI=1S/C38H30N2O8/c1-18-14-27(41)25-17-24-22(31(33(25)34(18)42)20-15-29(46-2)35(43)30(16-20)47-3)12-13-23-32(24)38(45)40(37(23)44)21-10-8-19(9-11-21)36-39-26-6-4-5-7-28(26)48-36/h4-12,14-16,23-24,31-32,43H,13,17H2,1-3H3/t23-,24+,31-,32-/m0/s1. The number of para-hydroxylation sites is 2. The van der Waals surface area contributed by atoms with E-state index in [0.29, 0.717) is 51.4 Å². The molecule has 2 amide bonds. The Kier molecular flexibility index (Phi) is 6.73. The van der Waals surface area contributed by atoms with Gasteiger partial charge in [0.1, 0.15) is 5.52 Å². The van der Waals surface area contributed by atoms with E-state index in [1.54, 1.807) is 43.3 Å². The van der Waals surface area contributed by atoms with Crippen molar-refractivity contribution in [1.29, 1.82) is 0 Å². The highest BCUT2D eigenvalue weighted by molar-refractivity contribution is 6.25. The predicted molar refractivity (Wildman–Crippen MR) is 174 cm³/mol. The molecule has 1 N–H and O–H groups in total. The molecule has 1 saturated heterocycles. The van der Waals surface area contributed by atoms with E-state index in [0.717, 1.165) is 11.1 Å². The van der Waals surface area contributed by atoms with Crippen LogP contribution >= 0.6 is 0 Å². The number of oxazole rings is 1. The van der Waals surface area contributed by atoms with Crippen molar-refractivity contribution in [3.05, 3.63) is 101 Å². The number of nitrogens with zero attached hydrogens (tertiary/aromatic N) is 2. The van der Waals surface area contributed by atoms with Gasteiger partial charge < -0.3 is 19.0 Å². The van der Waals surface area contributed by atoms with Gasteiger partial charge in [0, 0.05) is 28.2 Å². The Morgan fingerprint density at radius 3 is 2.31 bits per heavy atom. The van der Waals surface area contributed by atoms with Crippen LogP contribution in [0.4, 0.5) is 5.69 Å². The summed E-state index contributed by atoms with van der Waals surface area (Å²) in [6, 6.07) is 17.7. The van der Waals surface area contributed by atoms with Gasteiger partial charge in [-0.05, 0) is 85.9 Å². The van der Waals surface area contributed by atoms with Crippen LogP contribution in [0.2, 0.25) is 0 Å². The number of phenolic OH excluding ortho intramolecular Hbond substituents is 1. The van der Waals surface area contributed by atoms with Crippen LogP contribution in [0.1, 0.15) is 31.2 Å². The first-order chi connectivity index (χ1) is 23.2. The monoisotopic (exact) mass is 642 g/mol. The van der Waals surface area contributed by atoms with Crippen LogP contribution in [-0.4, -0.2) is 47.7 Å². The minimum Gasteiger partial charge on any atom is -0.502 e.